The van der Waals surface area contributed by atoms with Gasteiger partial charge in [-0.1, -0.05) is 30.7 Å². The third-order valence-corrected chi connectivity index (χ3v) is 6.28. The predicted molar refractivity (Wildman–Crippen MR) is 131 cm³/mol. The number of halogens is 1. The molecule has 0 spiro atoms. The normalized spacial score (nSPS) is 22.4. The van der Waals surface area contributed by atoms with Crippen molar-refractivity contribution in [3.05, 3.63) is 42.0 Å². The summed E-state index contributed by atoms with van der Waals surface area (Å²) in [6, 6.07) is 9.37. The van der Waals surface area contributed by atoms with Crippen LogP contribution >= 0.6 is 35.7 Å². The second kappa shape index (κ2) is 11.8. The molecule has 0 aromatic heterocycles. The van der Waals surface area contributed by atoms with Gasteiger partial charge in [0.15, 0.2) is 5.96 Å². The van der Waals surface area contributed by atoms with Crippen LogP contribution in [-0.2, 0) is 6.54 Å². The van der Waals surface area contributed by atoms with Gasteiger partial charge in [0.05, 0.1) is 6.54 Å². The molecule has 3 rings (SSSR count). The van der Waals surface area contributed by atoms with Crippen molar-refractivity contribution in [2.45, 2.75) is 50.4 Å². The first-order chi connectivity index (χ1) is 12.8. The zero-order valence-electron chi connectivity index (χ0n) is 16.5. The molecule has 0 radical (unpaired) electrons. The smallest absolute Gasteiger partial charge is 0.191 e. The van der Waals surface area contributed by atoms with Gasteiger partial charge in [0.2, 0.25) is 0 Å². The number of aliphatic imine (C=N–C) groups is 1. The van der Waals surface area contributed by atoms with Gasteiger partial charge in [0.25, 0.3) is 0 Å². The molecule has 1 aliphatic carbocycles. The summed E-state index contributed by atoms with van der Waals surface area (Å²) in [5.41, 5.74) is 2.54. The molecule has 6 heteroatoms. The molecule has 2 atom stereocenters. The highest BCUT2D eigenvalue weighted by Gasteiger charge is 2.21. The van der Waals surface area contributed by atoms with Crippen LogP contribution in [0.2, 0.25) is 0 Å². The molecule has 1 fully saturated rings. The second-order valence-corrected chi connectivity index (χ2v) is 8.24. The molecular weight excluding hydrogens is 467 g/mol. The van der Waals surface area contributed by atoms with Gasteiger partial charge in [-0.15, -0.1) is 24.0 Å². The summed E-state index contributed by atoms with van der Waals surface area (Å²) in [5, 5.41) is 7.85. The van der Waals surface area contributed by atoms with Crippen LogP contribution in [0, 0.1) is 0 Å². The Morgan fingerprint density at radius 2 is 1.93 bits per heavy atom. The molecule has 0 bridgehead atoms. The average molecular weight is 500 g/mol. The molecule has 1 aromatic rings. The summed E-state index contributed by atoms with van der Waals surface area (Å²) >= 11 is 2.00. The fraction of sp³-hybridized carbons (Fsp3) is 0.571. The van der Waals surface area contributed by atoms with Crippen molar-refractivity contribution in [3.8, 4) is 0 Å². The Morgan fingerprint density at radius 1 is 1.19 bits per heavy atom. The topological polar surface area (TPSA) is 39.7 Å². The first-order valence-electron chi connectivity index (χ1n) is 9.85. The summed E-state index contributed by atoms with van der Waals surface area (Å²) in [6.07, 6.45) is 11.8. The summed E-state index contributed by atoms with van der Waals surface area (Å²) in [7, 11) is 0. The molecule has 0 amide bonds. The van der Waals surface area contributed by atoms with E-state index in [4.69, 9.17) is 4.99 Å². The fourth-order valence-electron chi connectivity index (χ4n) is 3.67. The van der Waals surface area contributed by atoms with Crippen molar-refractivity contribution in [2.75, 3.05) is 30.8 Å². The quantitative estimate of drug-likeness (QED) is 0.263. The Balaban J connectivity index is 0.00000261. The molecule has 2 N–H and O–H groups in total. The van der Waals surface area contributed by atoms with E-state index in [1.807, 2.05) is 11.8 Å². The Labute approximate surface area is 185 Å². The zero-order chi connectivity index (χ0) is 18.2. The molecular formula is C21H33IN4S. The lowest BCUT2D eigenvalue weighted by atomic mass is 9.95. The van der Waals surface area contributed by atoms with Gasteiger partial charge >= 0.3 is 0 Å². The van der Waals surface area contributed by atoms with Crippen LogP contribution in [0.25, 0.3) is 0 Å². The lowest BCUT2D eigenvalue weighted by Gasteiger charge is -2.29. The van der Waals surface area contributed by atoms with Crippen LogP contribution in [0.15, 0.2) is 41.4 Å². The predicted octanol–water partition coefficient (Wildman–Crippen LogP) is 4.41. The summed E-state index contributed by atoms with van der Waals surface area (Å²) in [6.45, 7) is 5.77. The van der Waals surface area contributed by atoms with Gasteiger partial charge in [-0.3, -0.25) is 0 Å². The standard InChI is InChI=1S/C21H32N4S.HI/c1-3-22-21(24-18-7-6-8-20(15-18)26-2)23-16-17-9-11-19(12-10-17)25-13-4-5-14-25;/h4-5,9-12,18,20H,3,6-8,13-16H2,1-2H3,(H2,22,23,24);1H. The van der Waals surface area contributed by atoms with Crippen molar-refractivity contribution in [1.29, 1.82) is 0 Å². The third-order valence-electron chi connectivity index (χ3n) is 5.18. The van der Waals surface area contributed by atoms with Gasteiger partial charge in [0, 0.05) is 36.6 Å². The van der Waals surface area contributed by atoms with Gasteiger partial charge in [-0.25, -0.2) is 4.99 Å². The van der Waals surface area contributed by atoms with Crippen LogP contribution in [0.3, 0.4) is 0 Å². The monoisotopic (exact) mass is 500 g/mol. The van der Waals surface area contributed by atoms with Gasteiger partial charge in [-0.05, 0) is 50.1 Å². The number of benzene rings is 1. The SMILES string of the molecule is CCNC(=NCc1ccc(N2CC=CC2)cc1)NC1CCCC(SC)C1.I. The Kier molecular flexibility index (Phi) is 9.82. The van der Waals surface area contributed by atoms with Crippen molar-refractivity contribution in [3.63, 3.8) is 0 Å². The number of nitrogens with zero attached hydrogens (tertiary/aromatic N) is 2. The number of hydrogen-bond acceptors (Lipinski definition) is 3. The van der Waals surface area contributed by atoms with E-state index in [2.05, 4.69) is 65.1 Å². The minimum absolute atomic E-state index is 0. The van der Waals surface area contributed by atoms with Crippen molar-refractivity contribution < 1.29 is 0 Å². The van der Waals surface area contributed by atoms with Gasteiger partial charge in [-0.2, -0.15) is 11.8 Å². The maximum absolute atomic E-state index is 4.82. The molecule has 1 saturated carbocycles. The van der Waals surface area contributed by atoms with E-state index in [-0.39, 0.29) is 24.0 Å². The molecule has 150 valence electrons. The number of anilines is 1. The average Bonchev–Trinajstić information content (AvgIpc) is 3.22. The van der Waals surface area contributed by atoms with E-state index < -0.39 is 0 Å². The second-order valence-electron chi connectivity index (χ2n) is 7.10. The van der Waals surface area contributed by atoms with E-state index in [1.165, 1.54) is 36.9 Å². The van der Waals surface area contributed by atoms with Crippen LogP contribution < -0.4 is 15.5 Å². The zero-order valence-corrected chi connectivity index (χ0v) is 19.6. The highest BCUT2D eigenvalue weighted by atomic mass is 127. The fourth-order valence-corrected chi connectivity index (χ4v) is 4.50. The van der Waals surface area contributed by atoms with Gasteiger partial charge < -0.3 is 15.5 Å². The Bertz CT molecular complexity index is 609. The molecule has 27 heavy (non-hydrogen) atoms. The Morgan fingerprint density at radius 3 is 2.59 bits per heavy atom. The van der Waals surface area contributed by atoms with Crippen LogP contribution in [0.5, 0.6) is 0 Å². The number of rotatable bonds is 6. The van der Waals surface area contributed by atoms with E-state index in [0.717, 1.165) is 30.8 Å². The van der Waals surface area contributed by atoms with E-state index in [0.29, 0.717) is 12.6 Å². The number of nitrogens with one attached hydrogen (secondary N) is 2. The number of hydrogen-bond donors (Lipinski definition) is 2. The first kappa shape index (κ1) is 22.4. The van der Waals surface area contributed by atoms with Crippen LogP contribution in [0.4, 0.5) is 5.69 Å². The van der Waals surface area contributed by atoms with Crippen LogP contribution in [-0.4, -0.2) is 43.1 Å². The summed E-state index contributed by atoms with van der Waals surface area (Å²) in [5.74, 6) is 0.951. The third kappa shape index (κ3) is 6.89. The number of thioether (sulfide) groups is 1. The summed E-state index contributed by atoms with van der Waals surface area (Å²) < 4.78 is 0. The Hall–Kier alpha value is -0.890. The lowest BCUT2D eigenvalue weighted by Crippen LogP contribution is -2.45. The molecule has 4 nitrogen and oxygen atoms in total. The minimum Gasteiger partial charge on any atom is -0.364 e. The minimum atomic E-state index is 0. The van der Waals surface area contributed by atoms with Crippen molar-refractivity contribution in [2.24, 2.45) is 4.99 Å². The lowest BCUT2D eigenvalue weighted by molar-refractivity contribution is 0.419. The van der Waals surface area contributed by atoms with E-state index >= 15 is 0 Å². The highest BCUT2D eigenvalue weighted by molar-refractivity contribution is 14.0. The van der Waals surface area contributed by atoms with Crippen molar-refractivity contribution in [1.82, 2.24) is 10.6 Å². The first-order valence-corrected chi connectivity index (χ1v) is 11.1. The summed E-state index contributed by atoms with van der Waals surface area (Å²) in [4.78, 5) is 7.18. The molecule has 1 aromatic carbocycles. The molecule has 2 aliphatic rings. The van der Waals surface area contributed by atoms with Crippen LogP contribution in [0.1, 0.15) is 38.2 Å². The van der Waals surface area contributed by atoms with E-state index in [1.54, 1.807) is 0 Å². The highest BCUT2D eigenvalue weighted by Crippen LogP contribution is 2.26. The maximum Gasteiger partial charge on any atom is 0.191 e. The molecule has 1 heterocycles. The van der Waals surface area contributed by atoms with Crippen molar-refractivity contribution >= 4 is 47.4 Å². The van der Waals surface area contributed by atoms with E-state index in [9.17, 15) is 0 Å². The molecule has 0 saturated heterocycles. The number of guanidine groups is 1. The largest absolute Gasteiger partial charge is 0.364 e. The maximum atomic E-state index is 4.82. The van der Waals surface area contributed by atoms with Gasteiger partial charge in [0.1, 0.15) is 0 Å². The molecule has 1 aliphatic heterocycles. The molecule has 2 unspecified atom stereocenters.